The molecule has 0 fully saturated rings. The third kappa shape index (κ3) is 39.8. The molecule has 18 heteroatoms. The van der Waals surface area contributed by atoms with E-state index in [4.69, 9.17) is 17.3 Å². The molecule has 0 aliphatic rings. The Hall–Kier alpha value is -5.53. The highest BCUT2D eigenvalue weighted by molar-refractivity contribution is 7.96. The summed E-state index contributed by atoms with van der Waals surface area (Å²) in [7, 11) is -3.66. The number of unbranched alkanes of at least 4 members (excludes halogenated alkanes) is 1. The van der Waals surface area contributed by atoms with E-state index in [1.807, 2.05) is 24.5 Å². The van der Waals surface area contributed by atoms with Gasteiger partial charge in [-0.15, -0.1) is 11.6 Å². The first-order valence-corrected chi connectivity index (χ1v) is 46.9. The largest absolute Gasteiger partial charge is 1.00 e. The SMILES string of the molecule is CC(C)CN(CC(C)C)C(=O)CCl.CC(C)CN(CC(C)C)C(=O)CN(CCC[P+](c1ccccc1)(c1ccccc1)c1ccccc1)CC(=O)N(CC(C)C)CC(C)C.CCCCN(CC(=O)N(CC(C)C)CC(C)C)CC(=O)N(CC(C)C)CC(C)C.NCCC[P+](c1ccccc1)(c1ccccc1)c1ccccc1.[Br-].[Cl-]. The number of rotatable bonds is 45. The quantitative estimate of drug-likeness (QED) is 0.0295. The summed E-state index contributed by atoms with van der Waals surface area (Å²) < 4.78 is 0. The second kappa shape index (κ2) is 58.4. The van der Waals surface area contributed by atoms with Crippen molar-refractivity contribution in [3.05, 3.63) is 182 Å². The lowest BCUT2D eigenvalue weighted by molar-refractivity contribution is -0.138. The molecule has 0 aliphatic heterocycles. The Balaban J connectivity index is 0.000000829. The van der Waals surface area contributed by atoms with E-state index in [9.17, 15) is 24.0 Å². The Morgan fingerprint density at radius 3 is 0.640 bits per heavy atom. The number of halogens is 3. The van der Waals surface area contributed by atoms with Gasteiger partial charge in [-0.25, -0.2) is 0 Å². The van der Waals surface area contributed by atoms with Gasteiger partial charge in [-0.05, 0) is 164 Å². The van der Waals surface area contributed by atoms with Crippen molar-refractivity contribution < 1.29 is 53.4 Å². The number of hydrogen-bond acceptors (Lipinski definition) is 8. The molecule has 114 heavy (non-hydrogen) atoms. The summed E-state index contributed by atoms with van der Waals surface area (Å²) in [6.45, 7) is 56.1. The van der Waals surface area contributed by atoms with Crippen molar-refractivity contribution in [1.29, 1.82) is 0 Å². The van der Waals surface area contributed by atoms with E-state index in [-0.39, 0.29) is 77.9 Å². The van der Waals surface area contributed by atoms with Gasteiger partial charge in [0.15, 0.2) is 0 Å². The fourth-order valence-electron chi connectivity index (χ4n) is 14.5. The maximum Gasteiger partial charge on any atom is 0.237 e. The van der Waals surface area contributed by atoms with Crippen LogP contribution in [0.15, 0.2) is 182 Å². The van der Waals surface area contributed by atoms with Crippen molar-refractivity contribution in [2.45, 2.75) is 171 Å². The number of carbonyl (C=O) groups is 5. The fourth-order valence-corrected chi connectivity index (χ4v) is 23.3. The third-order valence-electron chi connectivity index (χ3n) is 18.8. The van der Waals surface area contributed by atoms with Crippen LogP contribution in [-0.4, -0.2) is 193 Å². The van der Waals surface area contributed by atoms with Gasteiger partial charge in [-0.1, -0.05) is 261 Å². The van der Waals surface area contributed by atoms with Gasteiger partial charge in [0, 0.05) is 72.0 Å². The predicted molar refractivity (Wildman–Crippen MR) is 488 cm³/mol. The number of nitrogens with zero attached hydrogens (tertiary/aromatic N) is 7. The molecule has 0 bridgehead atoms. The average molecular weight is 1710 g/mol. The van der Waals surface area contributed by atoms with Gasteiger partial charge in [0.1, 0.15) is 52.2 Å². The molecule has 0 unspecified atom stereocenters. The maximum absolute atomic E-state index is 13.9. The molecule has 2 N–H and O–H groups in total. The molecule has 5 amide bonds. The molecule has 6 aromatic carbocycles. The second-order valence-electron chi connectivity index (χ2n) is 34.9. The summed E-state index contributed by atoms with van der Waals surface area (Å²) in [4.78, 5) is 79.4. The van der Waals surface area contributed by atoms with E-state index in [1.165, 1.54) is 31.8 Å². The van der Waals surface area contributed by atoms with E-state index >= 15 is 0 Å². The average Bonchev–Trinajstić information content (AvgIpc) is 0.770. The Labute approximate surface area is 717 Å². The Kier molecular flexibility index (Phi) is 54.5. The summed E-state index contributed by atoms with van der Waals surface area (Å²) in [5.41, 5.74) is 5.89. The number of alkyl halides is 1. The first-order valence-electron chi connectivity index (χ1n) is 42.4. The van der Waals surface area contributed by atoms with Crippen LogP contribution >= 0.6 is 26.1 Å². The highest BCUT2D eigenvalue weighted by atomic mass is 79.9. The van der Waals surface area contributed by atoms with Crippen molar-refractivity contribution in [2.24, 2.45) is 64.9 Å². The first-order chi connectivity index (χ1) is 53.2. The Morgan fingerprint density at radius 2 is 0.474 bits per heavy atom. The van der Waals surface area contributed by atoms with Crippen LogP contribution < -0.4 is 66.9 Å². The number of hydrogen-bond donors (Lipinski definition) is 1. The Morgan fingerprint density at radius 1 is 0.298 bits per heavy atom. The van der Waals surface area contributed by atoms with Gasteiger partial charge in [-0.2, -0.15) is 0 Å². The zero-order chi connectivity index (χ0) is 83.3. The van der Waals surface area contributed by atoms with Crippen LogP contribution in [-0.2, 0) is 24.0 Å². The van der Waals surface area contributed by atoms with Crippen LogP contribution in [0, 0.1) is 59.2 Å². The molecule has 13 nitrogen and oxygen atoms in total. The summed E-state index contributed by atoms with van der Waals surface area (Å²) in [6.07, 6.45) is 6.03. The van der Waals surface area contributed by atoms with Gasteiger partial charge >= 0.3 is 0 Å². The summed E-state index contributed by atoms with van der Waals surface area (Å²) in [5.74, 6) is 4.98. The number of amides is 5. The number of carbonyl (C=O) groups excluding carboxylic acids is 5. The molecule has 0 atom stereocenters. The lowest BCUT2D eigenvalue weighted by Gasteiger charge is -2.33. The zero-order valence-electron chi connectivity index (χ0n) is 74.3. The molecule has 0 spiro atoms. The zero-order valence-corrected chi connectivity index (χ0v) is 79.2. The summed E-state index contributed by atoms with van der Waals surface area (Å²) >= 11 is 5.52. The molecule has 0 heterocycles. The second-order valence-corrected chi connectivity index (χ2v) is 42.4. The fraction of sp³-hybridized carbons (Fsp3) is 0.573. The van der Waals surface area contributed by atoms with E-state index in [1.54, 1.807) is 0 Å². The Bertz CT molecular complexity index is 3170. The van der Waals surface area contributed by atoms with Gasteiger partial charge in [-0.3, -0.25) is 33.8 Å². The lowest BCUT2D eigenvalue weighted by Crippen LogP contribution is -3.00. The summed E-state index contributed by atoms with van der Waals surface area (Å²) in [6, 6.07) is 65.7. The lowest BCUT2D eigenvalue weighted by atomic mass is 10.1. The minimum Gasteiger partial charge on any atom is -1.00 e. The first kappa shape index (κ1) is 106. The van der Waals surface area contributed by atoms with Gasteiger partial charge < -0.3 is 59.6 Å². The van der Waals surface area contributed by atoms with E-state index < -0.39 is 14.5 Å². The highest BCUT2D eigenvalue weighted by Crippen LogP contribution is 2.57. The number of nitrogens with two attached hydrogens (primary N) is 1. The van der Waals surface area contributed by atoms with Crippen molar-refractivity contribution in [1.82, 2.24) is 34.3 Å². The van der Waals surface area contributed by atoms with Crippen LogP contribution in [0.3, 0.4) is 0 Å². The summed E-state index contributed by atoms with van der Waals surface area (Å²) in [5, 5.41) is 8.38. The van der Waals surface area contributed by atoms with Gasteiger partial charge in [0.25, 0.3) is 0 Å². The molecule has 0 saturated heterocycles. The van der Waals surface area contributed by atoms with Crippen LogP contribution in [0.25, 0.3) is 0 Å². The molecule has 6 rings (SSSR count). The smallest absolute Gasteiger partial charge is 0.237 e. The minimum absolute atomic E-state index is 0. The minimum atomic E-state index is -2.01. The van der Waals surface area contributed by atoms with E-state index in [2.05, 4.69) is 337 Å². The highest BCUT2D eigenvalue weighted by Gasteiger charge is 2.46. The molecule has 0 radical (unpaired) electrons. The van der Waals surface area contributed by atoms with Crippen molar-refractivity contribution in [3.8, 4) is 0 Å². The van der Waals surface area contributed by atoms with E-state index in [0.717, 1.165) is 117 Å². The molecule has 0 aliphatic carbocycles. The molecule has 0 aromatic heterocycles. The van der Waals surface area contributed by atoms with Gasteiger partial charge in [0.2, 0.25) is 29.5 Å². The van der Waals surface area contributed by atoms with Gasteiger partial charge in [0.05, 0.1) is 38.5 Å². The molecular weight excluding hydrogens is 1560 g/mol. The normalized spacial score (nSPS) is 11.5. The van der Waals surface area contributed by atoms with Crippen LogP contribution in [0.4, 0.5) is 0 Å². The van der Waals surface area contributed by atoms with Crippen LogP contribution in [0.1, 0.15) is 171 Å². The topological polar surface area (TPSA) is 134 Å². The van der Waals surface area contributed by atoms with Crippen LogP contribution in [0.5, 0.6) is 0 Å². The van der Waals surface area contributed by atoms with Crippen molar-refractivity contribution in [2.75, 3.05) is 129 Å². The van der Waals surface area contributed by atoms with Crippen LogP contribution in [0.2, 0.25) is 0 Å². The standard InChI is InChI=1S/C41H61N3O2P.C24H49N3O2.C21H23NP.C10H20ClNO.BrH.ClH/c1-33(2)27-43(28-34(3)4)40(45)31-42(32-41(46)44(29-35(5)6)30-36(7)8)25-18-26-47(37-19-12-9-13-20-37,38-21-14-10-15-22-38)39-23-16-11-17-24-39;1-10-11-12-25(17-23(28)26(13-19(2)3)14-20(4)5)18-24(29)27(15-21(6)7)16-22(8)9;22-17-10-18-23(19-11-4-1-5-12-19,20-13-6-2-7-14-20)21-15-8-3-9-16-21;1-8(2)6-12(7-9(3)4)10(13)5-11;;/h9-17,19-24,33-36H,18,25-32H2,1-8H3;19-22H,10-18H2,1-9H3;1-9,11-16H,10,17-18,22H2;8-9H,5-7H2,1-4H3;2*1H/q+1;;+1;;;/p-2. The molecule has 638 valence electrons. The van der Waals surface area contributed by atoms with Crippen molar-refractivity contribution >= 4 is 87.5 Å². The van der Waals surface area contributed by atoms with Crippen molar-refractivity contribution in [3.63, 3.8) is 0 Å². The number of benzene rings is 6. The van der Waals surface area contributed by atoms with E-state index in [0.29, 0.717) is 78.8 Å². The maximum atomic E-state index is 13.9. The molecule has 6 aromatic rings. The molecule has 0 saturated carbocycles. The monoisotopic (exact) mass is 1710 g/mol. The predicted octanol–water partition coefficient (Wildman–Crippen LogP) is 11.0. The third-order valence-corrected chi connectivity index (χ3v) is 28.1. The molecular formula is C96H153BrCl2N8O5P2.